The lowest BCUT2D eigenvalue weighted by atomic mass is 9.95. The monoisotopic (exact) mass is 425 g/mol. The second-order valence-corrected chi connectivity index (χ2v) is 8.28. The van der Waals surface area contributed by atoms with Gasteiger partial charge in [-0.1, -0.05) is 37.6 Å². The highest BCUT2D eigenvalue weighted by atomic mass is 16.6. The number of aryl methyl sites for hydroxylation is 1. The van der Waals surface area contributed by atoms with Crippen molar-refractivity contribution in [3.8, 4) is 11.5 Å². The first-order chi connectivity index (χ1) is 14.8. The summed E-state index contributed by atoms with van der Waals surface area (Å²) in [7, 11) is 1.75. The van der Waals surface area contributed by atoms with E-state index < -0.39 is 0 Å². The molecule has 0 bridgehead atoms. The standard InChI is InChI=1S/C24H31N3O4/c1-16(2)24(18-7-10-20-21(13-18)31-12-11-30-20)26-23(29)15-27(4)14-22(28)25-19-8-5-17(3)6-9-19/h5-10,13,16,24H,11-12,14-15H2,1-4H3,(H,25,28)(H,26,29). The van der Waals surface area contributed by atoms with Gasteiger partial charge in [0.2, 0.25) is 11.8 Å². The van der Waals surface area contributed by atoms with Crippen LogP contribution in [0.1, 0.15) is 31.0 Å². The summed E-state index contributed by atoms with van der Waals surface area (Å²) in [6, 6.07) is 13.2. The van der Waals surface area contributed by atoms with Crippen LogP contribution in [0.4, 0.5) is 5.69 Å². The fourth-order valence-corrected chi connectivity index (χ4v) is 3.49. The predicted molar refractivity (Wildman–Crippen MR) is 120 cm³/mol. The molecule has 2 aromatic carbocycles. The minimum atomic E-state index is -0.168. The van der Waals surface area contributed by atoms with E-state index >= 15 is 0 Å². The van der Waals surface area contributed by atoms with E-state index in [1.807, 2.05) is 49.4 Å². The zero-order valence-electron chi connectivity index (χ0n) is 18.6. The van der Waals surface area contributed by atoms with Gasteiger partial charge in [-0.25, -0.2) is 0 Å². The van der Waals surface area contributed by atoms with Gasteiger partial charge >= 0.3 is 0 Å². The number of likely N-dealkylation sites (N-methyl/N-ethyl adjacent to an activating group) is 1. The molecule has 1 aliphatic heterocycles. The molecule has 2 N–H and O–H groups in total. The Morgan fingerprint density at radius 2 is 1.61 bits per heavy atom. The van der Waals surface area contributed by atoms with Crippen LogP contribution in [0.25, 0.3) is 0 Å². The third kappa shape index (κ3) is 6.46. The first-order valence-corrected chi connectivity index (χ1v) is 10.6. The molecule has 1 atom stereocenters. The molecule has 2 aromatic rings. The molecule has 7 heteroatoms. The predicted octanol–water partition coefficient (Wildman–Crippen LogP) is 3.15. The number of carbonyl (C=O) groups is 2. The SMILES string of the molecule is Cc1ccc(NC(=O)CN(C)CC(=O)NC(c2ccc3c(c2)OCCO3)C(C)C)cc1. The van der Waals surface area contributed by atoms with Crippen LogP contribution in [0.15, 0.2) is 42.5 Å². The fraction of sp³-hybridized carbons (Fsp3) is 0.417. The van der Waals surface area contributed by atoms with Gasteiger partial charge in [0.05, 0.1) is 19.1 Å². The Hall–Kier alpha value is -3.06. The van der Waals surface area contributed by atoms with Crippen LogP contribution < -0.4 is 20.1 Å². The molecule has 1 heterocycles. The summed E-state index contributed by atoms with van der Waals surface area (Å²) >= 11 is 0. The molecular weight excluding hydrogens is 394 g/mol. The molecule has 1 aliphatic rings. The highest BCUT2D eigenvalue weighted by molar-refractivity contribution is 5.92. The van der Waals surface area contributed by atoms with E-state index in [0.29, 0.717) is 19.0 Å². The second kappa shape index (κ2) is 10.3. The lowest BCUT2D eigenvalue weighted by Crippen LogP contribution is -2.41. The van der Waals surface area contributed by atoms with Gasteiger partial charge < -0.3 is 20.1 Å². The number of anilines is 1. The molecule has 0 aromatic heterocycles. The molecule has 0 aliphatic carbocycles. The highest BCUT2D eigenvalue weighted by Gasteiger charge is 2.22. The van der Waals surface area contributed by atoms with Crippen molar-refractivity contribution in [1.82, 2.24) is 10.2 Å². The van der Waals surface area contributed by atoms with Crippen molar-refractivity contribution >= 4 is 17.5 Å². The van der Waals surface area contributed by atoms with E-state index in [-0.39, 0.29) is 36.9 Å². The van der Waals surface area contributed by atoms with Crippen molar-refractivity contribution < 1.29 is 19.1 Å². The Morgan fingerprint density at radius 3 is 2.29 bits per heavy atom. The van der Waals surface area contributed by atoms with Crippen molar-refractivity contribution in [3.63, 3.8) is 0 Å². The molecule has 7 nitrogen and oxygen atoms in total. The normalized spacial score (nSPS) is 13.7. The van der Waals surface area contributed by atoms with Gasteiger partial charge in [0.1, 0.15) is 13.2 Å². The van der Waals surface area contributed by atoms with Gasteiger partial charge in [0, 0.05) is 5.69 Å². The van der Waals surface area contributed by atoms with Crippen molar-refractivity contribution in [3.05, 3.63) is 53.6 Å². The van der Waals surface area contributed by atoms with Gasteiger partial charge in [0.15, 0.2) is 11.5 Å². The average Bonchev–Trinajstić information content (AvgIpc) is 2.73. The van der Waals surface area contributed by atoms with E-state index in [9.17, 15) is 9.59 Å². The first-order valence-electron chi connectivity index (χ1n) is 10.6. The third-order valence-corrected chi connectivity index (χ3v) is 5.07. The van der Waals surface area contributed by atoms with E-state index in [2.05, 4.69) is 24.5 Å². The molecule has 2 amide bonds. The summed E-state index contributed by atoms with van der Waals surface area (Å²) in [5.74, 6) is 1.31. The van der Waals surface area contributed by atoms with Crippen LogP contribution in [0.2, 0.25) is 0 Å². The molecule has 0 radical (unpaired) electrons. The molecule has 0 fully saturated rings. The number of hydrogen-bond donors (Lipinski definition) is 2. The Kier molecular flexibility index (Phi) is 7.52. The maximum absolute atomic E-state index is 12.7. The van der Waals surface area contributed by atoms with E-state index in [0.717, 1.165) is 22.6 Å². The van der Waals surface area contributed by atoms with Crippen molar-refractivity contribution in [2.75, 3.05) is 38.7 Å². The van der Waals surface area contributed by atoms with Crippen LogP contribution in [0, 0.1) is 12.8 Å². The summed E-state index contributed by atoms with van der Waals surface area (Å²) in [6.07, 6.45) is 0. The number of benzene rings is 2. The summed E-state index contributed by atoms with van der Waals surface area (Å²) in [4.78, 5) is 26.6. The van der Waals surface area contributed by atoms with E-state index in [1.54, 1.807) is 11.9 Å². The summed E-state index contributed by atoms with van der Waals surface area (Å²) in [5.41, 5.74) is 2.84. The fourth-order valence-electron chi connectivity index (χ4n) is 3.49. The topological polar surface area (TPSA) is 79.9 Å². The van der Waals surface area contributed by atoms with Crippen LogP contribution in [0.5, 0.6) is 11.5 Å². The molecule has 0 spiro atoms. The highest BCUT2D eigenvalue weighted by Crippen LogP contribution is 2.34. The van der Waals surface area contributed by atoms with Crippen LogP contribution in [-0.2, 0) is 9.59 Å². The van der Waals surface area contributed by atoms with Crippen molar-refractivity contribution in [2.45, 2.75) is 26.8 Å². The molecule has 1 unspecified atom stereocenters. The zero-order chi connectivity index (χ0) is 22.4. The summed E-state index contributed by atoms with van der Waals surface area (Å²) in [6.45, 7) is 7.41. The first kappa shape index (κ1) is 22.6. The number of nitrogens with one attached hydrogen (secondary N) is 2. The number of carbonyl (C=O) groups excluding carboxylic acids is 2. The number of amides is 2. The Morgan fingerprint density at radius 1 is 0.968 bits per heavy atom. The summed E-state index contributed by atoms with van der Waals surface area (Å²) in [5, 5.41) is 5.94. The van der Waals surface area contributed by atoms with Gasteiger partial charge in [-0.3, -0.25) is 14.5 Å². The molecule has 0 saturated carbocycles. The molecule has 166 valence electrons. The number of hydrogen-bond acceptors (Lipinski definition) is 5. The molecule has 31 heavy (non-hydrogen) atoms. The van der Waals surface area contributed by atoms with Crippen LogP contribution in [-0.4, -0.2) is 50.1 Å². The lowest BCUT2D eigenvalue weighted by molar-refractivity contribution is -0.123. The zero-order valence-corrected chi connectivity index (χ0v) is 18.6. The number of nitrogens with zero attached hydrogens (tertiary/aromatic N) is 1. The Labute approximate surface area is 183 Å². The number of fused-ring (bicyclic) bond motifs is 1. The Balaban J connectivity index is 1.54. The van der Waals surface area contributed by atoms with E-state index in [4.69, 9.17) is 9.47 Å². The molecule has 3 rings (SSSR count). The smallest absolute Gasteiger partial charge is 0.238 e. The lowest BCUT2D eigenvalue weighted by Gasteiger charge is -2.26. The van der Waals surface area contributed by atoms with Gasteiger partial charge in [-0.05, 0) is 49.7 Å². The molecule has 0 saturated heterocycles. The van der Waals surface area contributed by atoms with Crippen molar-refractivity contribution in [1.29, 1.82) is 0 Å². The molecular formula is C24H31N3O4. The number of ether oxygens (including phenoxy) is 2. The van der Waals surface area contributed by atoms with Crippen molar-refractivity contribution in [2.24, 2.45) is 5.92 Å². The number of rotatable bonds is 8. The second-order valence-electron chi connectivity index (χ2n) is 8.28. The quantitative estimate of drug-likeness (QED) is 0.679. The summed E-state index contributed by atoms with van der Waals surface area (Å²) < 4.78 is 11.3. The maximum atomic E-state index is 12.7. The average molecular weight is 426 g/mol. The largest absolute Gasteiger partial charge is 0.486 e. The van der Waals surface area contributed by atoms with Gasteiger partial charge in [0.25, 0.3) is 0 Å². The van der Waals surface area contributed by atoms with Gasteiger partial charge in [-0.15, -0.1) is 0 Å². The minimum absolute atomic E-state index is 0.120. The van der Waals surface area contributed by atoms with Gasteiger partial charge in [-0.2, -0.15) is 0 Å². The third-order valence-electron chi connectivity index (χ3n) is 5.07. The van der Waals surface area contributed by atoms with Crippen LogP contribution in [0.3, 0.4) is 0 Å². The Bertz CT molecular complexity index is 912. The van der Waals surface area contributed by atoms with Crippen LogP contribution >= 0.6 is 0 Å². The minimum Gasteiger partial charge on any atom is -0.486 e. The maximum Gasteiger partial charge on any atom is 0.238 e. The van der Waals surface area contributed by atoms with E-state index in [1.165, 1.54) is 0 Å².